The van der Waals surface area contributed by atoms with Crippen LogP contribution in [0.3, 0.4) is 0 Å². The molecule has 18 heavy (non-hydrogen) atoms. The molecular weight excluding hydrogens is 250 g/mol. The molecule has 5 nitrogen and oxygen atoms in total. The lowest BCUT2D eigenvalue weighted by Gasteiger charge is -2.38. The Hall–Kier alpha value is -0.880. The van der Waals surface area contributed by atoms with Crippen molar-refractivity contribution in [2.45, 2.75) is 32.2 Å². The molecule has 1 unspecified atom stereocenters. The fourth-order valence-electron chi connectivity index (χ4n) is 2.36. The maximum atomic E-state index is 12.0. The highest BCUT2D eigenvalue weighted by Gasteiger charge is 2.34. The molecule has 2 fully saturated rings. The fourth-order valence-corrected chi connectivity index (χ4v) is 2.57. The molecule has 0 aromatic rings. The van der Waals surface area contributed by atoms with Gasteiger partial charge in [-0.25, -0.2) is 4.79 Å². The third-order valence-electron chi connectivity index (χ3n) is 4.01. The second-order valence-corrected chi connectivity index (χ2v) is 5.86. The minimum atomic E-state index is -0.0947. The number of rotatable bonds is 2. The molecule has 0 aromatic heterocycles. The third kappa shape index (κ3) is 2.92. The van der Waals surface area contributed by atoms with Crippen LogP contribution in [0.15, 0.2) is 0 Å². The number of nitrogens with two attached hydrogens (primary N) is 1. The van der Waals surface area contributed by atoms with E-state index in [2.05, 4.69) is 12.2 Å². The van der Waals surface area contributed by atoms with Crippen LogP contribution in [-0.2, 0) is 4.74 Å². The van der Waals surface area contributed by atoms with Crippen LogP contribution in [0.2, 0.25) is 0 Å². The Morgan fingerprint density at radius 3 is 2.67 bits per heavy atom. The molecule has 2 heterocycles. The first kappa shape index (κ1) is 13.5. The van der Waals surface area contributed by atoms with Crippen LogP contribution >= 0.6 is 12.2 Å². The summed E-state index contributed by atoms with van der Waals surface area (Å²) in [6.07, 6.45) is 2.60. The van der Waals surface area contributed by atoms with E-state index in [1.165, 1.54) is 0 Å². The predicted molar refractivity (Wildman–Crippen MR) is 73.5 cm³/mol. The van der Waals surface area contributed by atoms with Gasteiger partial charge in [0.05, 0.1) is 17.6 Å². The van der Waals surface area contributed by atoms with Crippen molar-refractivity contribution in [3.8, 4) is 0 Å². The normalized spacial score (nSPS) is 26.9. The Balaban J connectivity index is 1.81. The summed E-state index contributed by atoms with van der Waals surface area (Å²) in [6, 6.07) is 0.178. The largest absolute Gasteiger partial charge is 0.393 e. The highest BCUT2D eigenvalue weighted by atomic mass is 32.1. The van der Waals surface area contributed by atoms with E-state index in [1.807, 2.05) is 4.90 Å². The monoisotopic (exact) mass is 271 g/mol. The van der Waals surface area contributed by atoms with Crippen LogP contribution in [0.5, 0.6) is 0 Å². The lowest BCUT2D eigenvalue weighted by molar-refractivity contribution is 0.153. The molecule has 102 valence electrons. The van der Waals surface area contributed by atoms with Crippen molar-refractivity contribution in [1.82, 2.24) is 10.2 Å². The number of carbonyl (C=O) groups excluding carboxylic acids is 1. The van der Waals surface area contributed by atoms with Crippen LogP contribution < -0.4 is 11.1 Å². The van der Waals surface area contributed by atoms with Crippen molar-refractivity contribution in [3.05, 3.63) is 0 Å². The van der Waals surface area contributed by atoms with Crippen LogP contribution in [0.25, 0.3) is 0 Å². The highest BCUT2D eigenvalue weighted by molar-refractivity contribution is 7.80. The Morgan fingerprint density at radius 1 is 1.50 bits per heavy atom. The second-order valence-electron chi connectivity index (χ2n) is 5.42. The lowest BCUT2D eigenvalue weighted by atomic mass is 9.80. The molecule has 6 heteroatoms. The van der Waals surface area contributed by atoms with Gasteiger partial charge in [0.15, 0.2) is 0 Å². The van der Waals surface area contributed by atoms with Crippen molar-refractivity contribution in [3.63, 3.8) is 0 Å². The highest BCUT2D eigenvalue weighted by Crippen LogP contribution is 2.31. The minimum Gasteiger partial charge on any atom is -0.393 e. The number of thiocarbonyl (C=S) groups is 1. The first-order valence-corrected chi connectivity index (χ1v) is 6.85. The zero-order valence-corrected chi connectivity index (χ0v) is 11.6. The average molecular weight is 271 g/mol. The number of hydrogen-bond acceptors (Lipinski definition) is 3. The number of nitrogens with one attached hydrogen (secondary N) is 1. The molecule has 2 amide bonds. The quantitative estimate of drug-likeness (QED) is 0.731. The van der Waals surface area contributed by atoms with E-state index in [4.69, 9.17) is 22.7 Å². The van der Waals surface area contributed by atoms with Gasteiger partial charge in [0.1, 0.15) is 0 Å². The summed E-state index contributed by atoms with van der Waals surface area (Å²) in [6.45, 7) is 4.88. The van der Waals surface area contributed by atoms with E-state index >= 15 is 0 Å². The predicted octanol–water partition coefficient (Wildman–Crippen LogP) is 0.873. The number of piperidine rings is 1. The number of hydrogen-bond donors (Lipinski definition) is 2. The summed E-state index contributed by atoms with van der Waals surface area (Å²) in [4.78, 5) is 14.4. The Bertz CT molecular complexity index is 334. The molecule has 2 rings (SSSR count). The van der Waals surface area contributed by atoms with Crippen LogP contribution in [0.4, 0.5) is 4.79 Å². The number of likely N-dealkylation sites (tertiary alicyclic amines) is 1. The zero-order chi connectivity index (χ0) is 13.2. The summed E-state index contributed by atoms with van der Waals surface area (Å²) in [5.41, 5.74) is 5.66. The minimum absolute atomic E-state index is 0.00971. The molecule has 0 saturated carbocycles. The molecule has 0 radical (unpaired) electrons. The Morgan fingerprint density at radius 2 is 2.17 bits per heavy atom. The van der Waals surface area contributed by atoms with E-state index in [0.717, 1.165) is 25.9 Å². The summed E-state index contributed by atoms with van der Waals surface area (Å²) in [7, 11) is 0. The van der Waals surface area contributed by atoms with E-state index in [-0.39, 0.29) is 17.5 Å². The first-order chi connectivity index (χ1) is 8.51. The molecule has 2 saturated heterocycles. The molecule has 0 spiro atoms. The van der Waals surface area contributed by atoms with Gasteiger partial charge >= 0.3 is 6.03 Å². The summed E-state index contributed by atoms with van der Waals surface area (Å²) >= 11 is 5.09. The van der Waals surface area contributed by atoms with Crippen molar-refractivity contribution < 1.29 is 9.53 Å². The van der Waals surface area contributed by atoms with E-state index in [1.54, 1.807) is 0 Å². The standard InChI is InChI=1S/C12H21N3O2S/c1-12(10(13)18)3-5-15(6-4-12)11(16)14-9-2-7-17-8-9/h9H,2-8H2,1H3,(H2,13,18)(H,14,16). The number of carbonyl (C=O) groups is 1. The zero-order valence-electron chi connectivity index (χ0n) is 10.8. The lowest BCUT2D eigenvalue weighted by Crippen LogP contribution is -2.51. The van der Waals surface area contributed by atoms with Crippen LogP contribution in [0, 0.1) is 5.41 Å². The number of ether oxygens (including phenoxy) is 1. The van der Waals surface area contributed by atoms with Crippen molar-refractivity contribution in [2.24, 2.45) is 11.1 Å². The number of urea groups is 1. The smallest absolute Gasteiger partial charge is 0.317 e. The van der Waals surface area contributed by atoms with Gasteiger partial charge in [0.25, 0.3) is 0 Å². The SMILES string of the molecule is CC1(C(N)=S)CCN(C(=O)NC2CCOC2)CC1. The number of nitrogens with zero attached hydrogens (tertiary/aromatic N) is 1. The maximum absolute atomic E-state index is 12.0. The van der Waals surface area contributed by atoms with Gasteiger partial charge in [-0.2, -0.15) is 0 Å². The van der Waals surface area contributed by atoms with Gasteiger partial charge in [0, 0.05) is 25.1 Å². The van der Waals surface area contributed by atoms with Gasteiger partial charge in [0.2, 0.25) is 0 Å². The molecule has 3 N–H and O–H groups in total. The topological polar surface area (TPSA) is 67.6 Å². The number of amides is 2. The molecular formula is C12H21N3O2S. The fraction of sp³-hybridized carbons (Fsp3) is 0.833. The summed E-state index contributed by atoms with van der Waals surface area (Å²) < 4.78 is 5.24. The molecule has 0 aliphatic carbocycles. The van der Waals surface area contributed by atoms with Gasteiger partial charge in [-0.05, 0) is 19.3 Å². The van der Waals surface area contributed by atoms with Crippen molar-refractivity contribution in [1.29, 1.82) is 0 Å². The van der Waals surface area contributed by atoms with Gasteiger partial charge < -0.3 is 20.7 Å². The second kappa shape index (κ2) is 5.40. The Kier molecular flexibility index (Phi) is 4.07. The first-order valence-electron chi connectivity index (χ1n) is 6.44. The molecule has 2 aliphatic heterocycles. The van der Waals surface area contributed by atoms with Gasteiger partial charge in [-0.1, -0.05) is 19.1 Å². The molecule has 2 aliphatic rings. The average Bonchev–Trinajstić information content (AvgIpc) is 2.82. The van der Waals surface area contributed by atoms with E-state index < -0.39 is 0 Å². The van der Waals surface area contributed by atoms with Gasteiger partial charge in [-0.15, -0.1) is 0 Å². The summed E-state index contributed by atoms with van der Waals surface area (Å²) in [5, 5.41) is 3.00. The van der Waals surface area contributed by atoms with E-state index in [0.29, 0.717) is 24.7 Å². The van der Waals surface area contributed by atoms with E-state index in [9.17, 15) is 4.79 Å². The van der Waals surface area contributed by atoms with Crippen LogP contribution in [-0.4, -0.2) is 48.3 Å². The molecule has 0 aromatic carbocycles. The molecule has 0 bridgehead atoms. The third-order valence-corrected chi connectivity index (χ3v) is 4.50. The molecule has 1 atom stereocenters. The maximum Gasteiger partial charge on any atom is 0.317 e. The van der Waals surface area contributed by atoms with Crippen molar-refractivity contribution in [2.75, 3.05) is 26.3 Å². The van der Waals surface area contributed by atoms with Crippen molar-refractivity contribution >= 4 is 23.2 Å². The van der Waals surface area contributed by atoms with Crippen LogP contribution in [0.1, 0.15) is 26.2 Å². The Labute approximate surface area is 113 Å². The van der Waals surface area contributed by atoms with Gasteiger partial charge in [-0.3, -0.25) is 0 Å². The summed E-state index contributed by atoms with van der Waals surface area (Å²) in [5.74, 6) is 0.